The summed E-state index contributed by atoms with van der Waals surface area (Å²) in [7, 11) is -2.87. The molecule has 112 valence electrons. The van der Waals surface area contributed by atoms with Crippen molar-refractivity contribution in [1.82, 2.24) is 5.32 Å². The summed E-state index contributed by atoms with van der Waals surface area (Å²) in [5.41, 5.74) is 0.946. The number of aliphatic hydroxyl groups excluding tert-OH is 1. The average Bonchev–Trinajstić information content (AvgIpc) is 2.42. The van der Waals surface area contributed by atoms with E-state index in [0.29, 0.717) is 19.3 Å². The fourth-order valence-corrected chi connectivity index (χ4v) is 3.96. The van der Waals surface area contributed by atoms with E-state index in [1.54, 1.807) is 12.1 Å². The van der Waals surface area contributed by atoms with Crippen molar-refractivity contribution in [2.24, 2.45) is 0 Å². The van der Waals surface area contributed by atoms with Gasteiger partial charge in [0, 0.05) is 12.1 Å². The molecule has 1 atom stereocenters. The predicted molar refractivity (Wildman–Crippen MR) is 75.8 cm³/mol. The molecule has 0 saturated carbocycles. The monoisotopic (exact) mass is 301 g/mol. The highest BCUT2D eigenvalue weighted by Crippen LogP contribution is 2.14. The highest BCUT2D eigenvalue weighted by atomic mass is 32.2. The summed E-state index contributed by atoms with van der Waals surface area (Å²) in [6, 6.07) is 6.19. The lowest BCUT2D eigenvalue weighted by Crippen LogP contribution is -2.45. The Morgan fingerprint density at radius 3 is 2.40 bits per heavy atom. The third-order valence-electron chi connectivity index (χ3n) is 3.64. The summed E-state index contributed by atoms with van der Waals surface area (Å²) in [5, 5.41) is 12.7. The second-order valence-electron chi connectivity index (χ2n) is 5.30. The zero-order valence-electron chi connectivity index (χ0n) is 11.3. The van der Waals surface area contributed by atoms with E-state index >= 15 is 0 Å². The first kappa shape index (κ1) is 15.4. The molecule has 2 rings (SSSR count). The number of benzene rings is 1. The Kier molecular flexibility index (Phi) is 5.12. The van der Waals surface area contributed by atoms with Crippen LogP contribution in [0.3, 0.4) is 0 Å². The van der Waals surface area contributed by atoms with Crippen molar-refractivity contribution < 1.29 is 17.9 Å². The Bertz CT molecular complexity index is 516. The number of aliphatic hydroxyl groups is 1. The fourth-order valence-electron chi connectivity index (χ4n) is 2.47. The van der Waals surface area contributed by atoms with Crippen molar-refractivity contribution in [1.29, 1.82) is 0 Å². The maximum absolute atomic E-state index is 12.8. The minimum Gasteiger partial charge on any atom is -0.395 e. The van der Waals surface area contributed by atoms with Gasteiger partial charge in [-0.2, -0.15) is 0 Å². The van der Waals surface area contributed by atoms with E-state index in [9.17, 15) is 17.9 Å². The average molecular weight is 301 g/mol. The molecule has 0 bridgehead atoms. The van der Waals surface area contributed by atoms with Gasteiger partial charge in [-0.1, -0.05) is 12.1 Å². The number of halogens is 1. The first-order valence-corrected chi connectivity index (χ1v) is 8.62. The van der Waals surface area contributed by atoms with Gasteiger partial charge < -0.3 is 10.4 Å². The van der Waals surface area contributed by atoms with E-state index in [2.05, 4.69) is 5.32 Å². The van der Waals surface area contributed by atoms with Crippen LogP contribution in [0.5, 0.6) is 0 Å². The molecule has 1 aliphatic heterocycles. The quantitative estimate of drug-likeness (QED) is 0.848. The Morgan fingerprint density at radius 1 is 1.25 bits per heavy atom. The molecule has 20 heavy (non-hydrogen) atoms. The molecule has 1 fully saturated rings. The van der Waals surface area contributed by atoms with Crippen molar-refractivity contribution in [2.45, 2.75) is 31.3 Å². The third kappa shape index (κ3) is 4.54. The summed E-state index contributed by atoms with van der Waals surface area (Å²) in [6.45, 7) is -0.0272. The maximum Gasteiger partial charge on any atom is 0.150 e. The molecule has 1 unspecified atom stereocenters. The molecule has 2 N–H and O–H groups in total. The van der Waals surface area contributed by atoms with Crippen molar-refractivity contribution in [3.63, 3.8) is 0 Å². The molecular weight excluding hydrogens is 281 g/mol. The van der Waals surface area contributed by atoms with Crippen LogP contribution in [0.4, 0.5) is 4.39 Å². The summed E-state index contributed by atoms with van der Waals surface area (Å²) >= 11 is 0. The third-order valence-corrected chi connectivity index (χ3v) is 5.36. The second-order valence-corrected chi connectivity index (χ2v) is 7.61. The topological polar surface area (TPSA) is 66.4 Å². The lowest BCUT2D eigenvalue weighted by molar-refractivity contribution is 0.226. The van der Waals surface area contributed by atoms with E-state index in [1.165, 1.54) is 12.1 Å². The summed E-state index contributed by atoms with van der Waals surface area (Å²) < 4.78 is 35.6. The largest absolute Gasteiger partial charge is 0.395 e. The number of rotatable bonds is 5. The Hall–Kier alpha value is -0.980. The molecule has 1 aliphatic rings. The van der Waals surface area contributed by atoms with Crippen LogP contribution >= 0.6 is 0 Å². The SMILES string of the molecule is O=S1(=O)CCC(NC(CO)Cc2ccc(F)cc2)CC1. The minimum absolute atomic E-state index is 0.0272. The van der Waals surface area contributed by atoms with E-state index in [1.807, 2.05) is 0 Å². The van der Waals surface area contributed by atoms with Crippen molar-refractivity contribution in [2.75, 3.05) is 18.1 Å². The lowest BCUT2D eigenvalue weighted by atomic mass is 10.0. The van der Waals surface area contributed by atoms with Gasteiger partial charge in [-0.15, -0.1) is 0 Å². The molecule has 0 aliphatic carbocycles. The van der Waals surface area contributed by atoms with Gasteiger partial charge in [0.25, 0.3) is 0 Å². The van der Waals surface area contributed by atoms with Crippen LogP contribution in [-0.4, -0.2) is 43.7 Å². The van der Waals surface area contributed by atoms with Gasteiger partial charge >= 0.3 is 0 Å². The molecule has 0 amide bonds. The van der Waals surface area contributed by atoms with E-state index in [-0.39, 0.29) is 36.0 Å². The van der Waals surface area contributed by atoms with Crippen LogP contribution in [-0.2, 0) is 16.3 Å². The van der Waals surface area contributed by atoms with Gasteiger partial charge in [-0.3, -0.25) is 0 Å². The smallest absolute Gasteiger partial charge is 0.150 e. The van der Waals surface area contributed by atoms with Crippen LogP contribution in [0.2, 0.25) is 0 Å². The van der Waals surface area contributed by atoms with Gasteiger partial charge in [0.1, 0.15) is 15.7 Å². The zero-order valence-corrected chi connectivity index (χ0v) is 12.1. The Labute approximate surface area is 118 Å². The molecule has 4 nitrogen and oxygen atoms in total. The normalized spacial score (nSPS) is 20.7. The van der Waals surface area contributed by atoms with E-state index < -0.39 is 9.84 Å². The number of nitrogens with one attached hydrogen (secondary N) is 1. The summed E-state index contributed by atoms with van der Waals surface area (Å²) in [6.07, 6.45) is 1.77. The second kappa shape index (κ2) is 6.65. The van der Waals surface area contributed by atoms with Gasteiger partial charge in [0.05, 0.1) is 18.1 Å². The molecule has 1 heterocycles. The summed E-state index contributed by atoms with van der Waals surface area (Å²) in [4.78, 5) is 0. The van der Waals surface area contributed by atoms with Gasteiger partial charge in [0.15, 0.2) is 0 Å². The van der Waals surface area contributed by atoms with Crippen molar-refractivity contribution in [3.05, 3.63) is 35.6 Å². The van der Waals surface area contributed by atoms with Gasteiger partial charge in [-0.05, 0) is 37.0 Å². The highest BCUT2D eigenvalue weighted by molar-refractivity contribution is 7.91. The Balaban J connectivity index is 1.88. The number of hydrogen-bond donors (Lipinski definition) is 2. The fraction of sp³-hybridized carbons (Fsp3) is 0.571. The van der Waals surface area contributed by atoms with Crippen molar-refractivity contribution in [3.8, 4) is 0 Å². The van der Waals surface area contributed by atoms with Crippen LogP contribution in [0.25, 0.3) is 0 Å². The molecule has 0 radical (unpaired) electrons. The standard InChI is InChI=1S/C14H20FNO3S/c15-12-3-1-11(2-4-12)9-14(10-17)16-13-5-7-20(18,19)8-6-13/h1-4,13-14,16-17H,5-10H2. The minimum atomic E-state index is -2.87. The van der Waals surface area contributed by atoms with E-state index in [4.69, 9.17) is 0 Å². The van der Waals surface area contributed by atoms with Crippen molar-refractivity contribution >= 4 is 9.84 Å². The first-order valence-electron chi connectivity index (χ1n) is 6.80. The molecule has 6 heteroatoms. The maximum atomic E-state index is 12.8. The Morgan fingerprint density at radius 2 is 1.85 bits per heavy atom. The van der Waals surface area contributed by atoms with Gasteiger partial charge in [-0.25, -0.2) is 12.8 Å². The number of sulfone groups is 1. The zero-order chi connectivity index (χ0) is 14.6. The van der Waals surface area contributed by atoms with Crippen LogP contribution in [0, 0.1) is 5.82 Å². The molecule has 1 aromatic carbocycles. The number of hydrogen-bond acceptors (Lipinski definition) is 4. The molecular formula is C14H20FNO3S. The lowest BCUT2D eigenvalue weighted by Gasteiger charge is -2.27. The molecule has 0 spiro atoms. The predicted octanol–water partition coefficient (Wildman–Crippen LogP) is 0.896. The van der Waals surface area contributed by atoms with Gasteiger partial charge in [0.2, 0.25) is 0 Å². The van der Waals surface area contributed by atoms with Crippen LogP contribution in [0.1, 0.15) is 18.4 Å². The first-order chi connectivity index (χ1) is 9.48. The van der Waals surface area contributed by atoms with E-state index in [0.717, 1.165) is 5.56 Å². The summed E-state index contributed by atoms with van der Waals surface area (Å²) in [5.74, 6) is 0.137. The molecule has 1 aromatic rings. The highest BCUT2D eigenvalue weighted by Gasteiger charge is 2.25. The molecule has 1 saturated heterocycles. The van der Waals surface area contributed by atoms with Crippen LogP contribution < -0.4 is 5.32 Å². The molecule has 0 aromatic heterocycles. The van der Waals surface area contributed by atoms with Crippen LogP contribution in [0.15, 0.2) is 24.3 Å².